The van der Waals surface area contributed by atoms with Crippen LogP contribution in [0, 0.1) is 0 Å². The summed E-state index contributed by atoms with van der Waals surface area (Å²) in [6.07, 6.45) is 12.5. The molecule has 102 valence electrons. The first-order valence-corrected chi connectivity index (χ1v) is 7.10. The van der Waals surface area contributed by atoms with E-state index in [9.17, 15) is 0 Å². The summed E-state index contributed by atoms with van der Waals surface area (Å²) in [7, 11) is 0. The third-order valence-corrected chi connectivity index (χ3v) is 3.86. The summed E-state index contributed by atoms with van der Waals surface area (Å²) in [6.45, 7) is 1.26. The molecule has 0 atom stereocenters. The van der Waals surface area contributed by atoms with Crippen LogP contribution in [-0.4, -0.2) is 19.6 Å². The summed E-state index contributed by atoms with van der Waals surface area (Å²) in [5.41, 5.74) is 7.71. The van der Waals surface area contributed by atoms with Crippen LogP contribution in [0.3, 0.4) is 0 Å². The van der Waals surface area contributed by atoms with Gasteiger partial charge in [0.05, 0.1) is 24.5 Å². The molecule has 0 amide bonds. The van der Waals surface area contributed by atoms with Gasteiger partial charge in [0.15, 0.2) is 0 Å². The summed E-state index contributed by atoms with van der Waals surface area (Å²) in [5, 5.41) is 8.98. The maximum absolute atomic E-state index is 5.59. The molecular formula is C14H21N5. The van der Waals surface area contributed by atoms with E-state index in [0.29, 0.717) is 12.6 Å². The molecule has 19 heavy (non-hydrogen) atoms. The first-order chi connectivity index (χ1) is 9.35. The topological polar surface area (TPSA) is 61.7 Å². The van der Waals surface area contributed by atoms with E-state index in [2.05, 4.69) is 27.1 Å². The molecule has 0 bridgehead atoms. The fraction of sp³-hybridized carbons (Fsp3) is 0.571. The van der Waals surface area contributed by atoms with E-state index in [1.54, 1.807) is 0 Å². The van der Waals surface area contributed by atoms with Gasteiger partial charge in [-0.2, -0.15) is 10.2 Å². The fourth-order valence-electron chi connectivity index (χ4n) is 2.77. The first kappa shape index (κ1) is 12.4. The molecule has 1 aliphatic carbocycles. The molecule has 2 heterocycles. The van der Waals surface area contributed by atoms with Crippen LogP contribution in [0.4, 0.5) is 0 Å². The van der Waals surface area contributed by atoms with Crippen LogP contribution in [0.1, 0.15) is 49.4 Å². The van der Waals surface area contributed by atoms with Crippen molar-refractivity contribution in [2.45, 2.75) is 51.2 Å². The number of rotatable bonds is 4. The van der Waals surface area contributed by atoms with Gasteiger partial charge in [0, 0.05) is 24.5 Å². The van der Waals surface area contributed by atoms with Crippen LogP contribution in [0.2, 0.25) is 0 Å². The van der Waals surface area contributed by atoms with E-state index >= 15 is 0 Å². The summed E-state index contributed by atoms with van der Waals surface area (Å²) in [4.78, 5) is 0. The highest BCUT2D eigenvalue weighted by molar-refractivity contribution is 5.06. The molecule has 0 saturated heterocycles. The molecule has 0 radical (unpaired) electrons. The third-order valence-electron chi connectivity index (χ3n) is 3.86. The summed E-state index contributed by atoms with van der Waals surface area (Å²) < 4.78 is 4.04. The molecule has 3 rings (SSSR count). The van der Waals surface area contributed by atoms with Crippen molar-refractivity contribution in [3.63, 3.8) is 0 Å². The molecule has 1 aliphatic rings. The molecule has 1 fully saturated rings. The van der Waals surface area contributed by atoms with E-state index in [4.69, 9.17) is 5.73 Å². The Morgan fingerprint density at radius 2 is 2.11 bits per heavy atom. The van der Waals surface area contributed by atoms with E-state index in [0.717, 1.165) is 17.8 Å². The Morgan fingerprint density at radius 1 is 1.26 bits per heavy atom. The zero-order valence-electron chi connectivity index (χ0n) is 11.2. The maximum Gasteiger partial charge on any atom is 0.0849 e. The molecule has 0 spiro atoms. The molecular weight excluding hydrogens is 238 g/mol. The van der Waals surface area contributed by atoms with Gasteiger partial charge in [-0.25, -0.2) is 0 Å². The molecule has 0 aliphatic heterocycles. The van der Waals surface area contributed by atoms with E-state index in [-0.39, 0.29) is 0 Å². The molecule has 2 aromatic heterocycles. The van der Waals surface area contributed by atoms with Crippen molar-refractivity contribution in [1.82, 2.24) is 19.6 Å². The highest BCUT2D eigenvalue weighted by atomic mass is 15.3. The van der Waals surface area contributed by atoms with E-state index in [1.165, 1.54) is 32.1 Å². The van der Waals surface area contributed by atoms with Gasteiger partial charge in [-0.15, -0.1) is 0 Å². The standard InChI is InChI=1S/C14H21N5/c15-8-12-9-16-18(10-12)11-13-6-7-19(17-13)14-4-2-1-3-5-14/h6-7,9-10,14H,1-5,8,11,15H2. The van der Waals surface area contributed by atoms with Gasteiger partial charge >= 0.3 is 0 Å². The molecule has 1 saturated carbocycles. The maximum atomic E-state index is 5.59. The fourth-order valence-corrected chi connectivity index (χ4v) is 2.77. The average Bonchev–Trinajstić information content (AvgIpc) is 3.09. The minimum absolute atomic E-state index is 0.538. The van der Waals surface area contributed by atoms with Crippen LogP contribution < -0.4 is 5.73 Å². The van der Waals surface area contributed by atoms with Crippen molar-refractivity contribution < 1.29 is 0 Å². The summed E-state index contributed by atoms with van der Waals surface area (Å²) in [6, 6.07) is 2.69. The number of hydrogen-bond donors (Lipinski definition) is 1. The Balaban J connectivity index is 1.67. The third kappa shape index (κ3) is 2.87. The van der Waals surface area contributed by atoms with Crippen molar-refractivity contribution in [1.29, 1.82) is 0 Å². The van der Waals surface area contributed by atoms with Gasteiger partial charge in [0.2, 0.25) is 0 Å². The van der Waals surface area contributed by atoms with Crippen LogP contribution in [0.15, 0.2) is 24.7 Å². The highest BCUT2D eigenvalue weighted by Gasteiger charge is 2.16. The lowest BCUT2D eigenvalue weighted by atomic mass is 9.96. The Morgan fingerprint density at radius 3 is 2.84 bits per heavy atom. The molecule has 0 unspecified atom stereocenters. The molecule has 2 aromatic rings. The van der Waals surface area contributed by atoms with Gasteiger partial charge in [-0.05, 0) is 18.9 Å². The van der Waals surface area contributed by atoms with Crippen LogP contribution >= 0.6 is 0 Å². The van der Waals surface area contributed by atoms with Crippen molar-refractivity contribution in [2.75, 3.05) is 0 Å². The van der Waals surface area contributed by atoms with Crippen molar-refractivity contribution in [3.8, 4) is 0 Å². The molecule has 2 N–H and O–H groups in total. The Kier molecular flexibility index (Phi) is 3.64. The van der Waals surface area contributed by atoms with Gasteiger partial charge in [0.25, 0.3) is 0 Å². The number of aromatic nitrogens is 4. The van der Waals surface area contributed by atoms with Crippen LogP contribution in [0.5, 0.6) is 0 Å². The van der Waals surface area contributed by atoms with Crippen LogP contribution in [0.25, 0.3) is 0 Å². The van der Waals surface area contributed by atoms with Gasteiger partial charge in [-0.3, -0.25) is 9.36 Å². The second-order valence-electron chi connectivity index (χ2n) is 5.33. The summed E-state index contributed by atoms with van der Waals surface area (Å²) >= 11 is 0. The van der Waals surface area contributed by atoms with E-state index < -0.39 is 0 Å². The SMILES string of the molecule is NCc1cnn(Cc2ccn(C3CCCCC3)n2)c1. The Bertz CT molecular complexity index is 521. The second kappa shape index (κ2) is 5.57. The van der Waals surface area contributed by atoms with Crippen LogP contribution in [-0.2, 0) is 13.1 Å². The number of hydrogen-bond acceptors (Lipinski definition) is 3. The normalized spacial score (nSPS) is 16.9. The predicted octanol–water partition coefficient (Wildman–Crippen LogP) is 2.09. The zero-order valence-corrected chi connectivity index (χ0v) is 11.2. The van der Waals surface area contributed by atoms with Crippen molar-refractivity contribution in [3.05, 3.63) is 35.9 Å². The molecule has 5 heteroatoms. The van der Waals surface area contributed by atoms with Crippen molar-refractivity contribution >= 4 is 0 Å². The zero-order chi connectivity index (χ0) is 13.1. The summed E-state index contributed by atoms with van der Waals surface area (Å²) in [5.74, 6) is 0. The average molecular weight is 259 g/mol. The quantitative estimate of drug-likeness (QED) is 0.914. The largest absolute Gasteiger partial charge is 0.326 e. The predicted molar refractivity (Wildman–Crippen MR) is 73.6 cm³/mol. The Hall–Kier alpha value is -1.62. The van der Waals surface area contributed by atoms with Gasteiger partial charge in [0.1, 0.15) is 0 Å². The smallest absolute Gasteiger partial charge is 0.0849 e. The minimum atomic E-state index is 0.538. The number of nitrogens with zero attached hydrogens (tertiary/aromatic N) is 4. The lowest BCUT2D eigenvalue weighted by Crippen LogP contribution is -2.13. The molecule has 0 aromatic carbocycles. The number of nitrogens with two attached hydrogens (primary N) is 1. The Labute approximate surface area is 113 Å². The van der Waals surface area contributed by atoms with Gasteiger partial charge < -0.3 is 5.73 Å². The highest BCUT2D eigenvalue weighted by Crippen LogP contribution is 2.27. The first-order valence-electron chi connectivity index (χ1n) is 7.10. The molecule has 5 nitrogen and oxygen atoms in total. The lowest BCUT2D eigenvalue weighted by molar-refractivity contribution is 0.327. The van der Waals surface area contributed by atoms with Crippen molar-refractivity contribution in [2.24, 2.45) is 5.73 Å². The lowest BCUT2D eigenvalue weighted by Gasteiger charge is -2.21. The monoisotopic (exact) mass is 259 g/mol. The second-order valence-corrected chi connectivity index (χ2v) is 5.33. The minimum Gasteiger partial charge on any atom is -0.326 e. The van der Waals surface area contributed by atoms with E-state index in [1.807, 2.05) is 17.1 Å². The van der Waals surface area contributed by atoms with Gasteiger partial charge in [-0.1, -0.05) is 19.3 Å².